The molecule has 1 fully saturated rings. The van der Waals surface area contributed by atoms with Crippen LogP contribution in [-0.4, -0.2) is 87.5 Å². The van der Waals surface area contributed by atoms with E-state index >= 15 is 0 Å². The normalized spacial score (nSPS) is 20.1. The van der Waals surface area contributed by atoms with Gasteiger partial charge in [0.05, 0.1) is 25.4 Å². The highest BCUT2D eigenvalue weighted by molar-refractivity contribution is 5.76. The number of unbranched alkanes of at least 4 members (excludes halogenated alkanes) is 33. The summed E-state index contributed by atoms with van der Waals surface area (Å²) in [4.78, 5) is 12.9. The Labute approximate surface area is 400 Å². The summed E-state index contributed by atoms with van der Waals surface area (Å²) in [6, 6.07) is -0.824. The van der Waals surface area contributed by atoms with Crippen LogP contribution in [0.2, 0.25) is 0 Å². The van der Waals surface area contributed by atoms with Crippen LogP contribution < -0.4 is 5.32 Å². The van der Waals surface area contributed by atoms with Gasteiger partial charge in [0.1, 0.15) is 24.4 Å². The molecule has 1 saturated heterocycles. The molecule has 1 aliphatic rings. The highest BCUT2D eigenvalue weighted by Gasteiger charge is 2.44. The fourth-order valence-electron chi connectivity index (χ4n) is 8.74. The number of rotatable bonds is 47. The molecule has 1 rings (SSSR count). The lowest BCUT2D eigenvalue weighted by molar-refractivity contribution is -0.302. The highest BCUT2D eigenvalue weighted by Crippen LogP contribution is 2.23. The molecule has 382 valence electrons. The van der Waals surface area contributed by atoms with Crippen LogP contribution in [0.25, 0.3) is 0 Å². The molecular weight excluding hydrogens is 815 g/mol. The molecule has 1 heterocycles. The van der Waals surface area contributed by atoms with E-state index in [0.29, 0.717) is 6.42 Å². The van der Waals surface area contributed by atoms with Crippen molar-refractivity contribution in [2.24, 2.45) is 0 Å². The molecule has 0 aromatic rings. The quantitative estimate of drug-likeness (QED) is 0.0261. The second-order valence-corrected chi connectivity index (χ2v) is 19.4. The predicted molar refractivity (Wildman–Crippen MR) is 272 cm³/mol. The number of ether oxygens (including phenoxy) is 2. The summed E-state index contributed by atoms with van der Waals surface area (Å²) in [5.74, 6) is -0.197. The van der Waals surface area contributed by atoms with E-state index < -0.39 is 49.5 Å². The van der Waals surface area contributed by atoms with Crippen LogP contribution >= 0.6 is 0 Å². The summed E-state index contributed by atoms with van der Waals surface area (Å²) in [5.41, 5.74) is 0. The molecule has 9 heteroatoms. The van der Waals surface area contributed by atoms with Crippen molar-refractivity contribution >= 4 is 5.91 Å². The Morgan fingerprint density at radius 2 is 0.892 bits per heavy atom. The average Bonchev–Trinajstić information content (AvgIpc) is 3.31. The van der Waals surface area contributed by atoms with Crippen molar-refractivity contribution in [2.45, 2.75) is 301 Å². The van der Waals surface area contributed by atoms with E-state index in [1.807, 2.05) is 6.08 Å². The second kappa shape index (κ2) is 46.2. The van der Waals surface area contributed by atoms with Crippen LogP contribution in [0.4, 0.5) is 0 Å². The molecule has 0 aromatic heterocycles. The smallest absolute Gasteiger partial charge is 0.220 e. The number of carbonyl (C=O) groups excluding carboxylic acids is 1. The third kappa shape index (κ3) is 36.1. The molecule has 0 radical (unpaired) electrons. The summed E-state index contributed by atoms with van der Waals surface area (Å²) >= 11 is 0. The van der Waals surface area contributed by atoms with Crippen LogP contribution in [0, 0.1) is 0 Å². The minimum atomic E-state index is -1.57. The number of allylic oxidation sites excluding steroid dienone is 5. The van der Waals surface area contributed by atoms with Crippen molar-refractivity contribution in [3.63, 3.8) is 0 Å². The van der Waals surface area contributed by atoms with Gasteiger partial charge in [-0.15, -0.1) is 0 Å². The average molecular weight is 920 g/mol. The lowest BCUT2D eigenvalue weighted by Gasteiger charge is -2.40. The minimum absolute atomic E-state index is 0.197. The Kier molecular flexibility index (Phi) is 43.6. The second-order valence-electron chi connectivity index (χ2n) is 19.4. The molecule has 1 amide bonds. The van der Waals surface area contributed by atoms with Crippen LogP contribution in [0.5, 0.6) is 0 Å². The van der Waals surface area contributed by atoms with Gasteiger partial charge >= 0.3 is 0 Å². The Morgan fingerprint density at radius 3 is 1.34 bits per heavy atom. The Balaban J connectivity index is 2.17. The third-order valence-electron chi connectivity index (χ3n) is 13.2. The first-order chi connectivity index (χ1) is 31.8. The number of carbonyl (C=O) groups is 1. The van der Waals surface area contributed by atoms with E-state index in [0.717, 1.165) is 64.2 Å². The van der Waals surface area contributed by atoms with Gasteiger partial charge in [0.2, 0.25) is 5.91 Å². The summed E-state index contributed by atoms with van der Waals surface area (Å²) in [6.07, 6.45) is 52.4. The van der Waals surface area contributed by atoms with Crippen molar-refractivity contribution in [3.05, 3.63) is 36.5 Å². The molecule has 0 saturated carbocycles. The van der Waals surface area contributed by atoms with E-state index in [9.17, 15) is 30.3 Å². The first kappa shape index (κ1) is 61.4. The zero-order valence-electron chi connectivity index (χ0n) is 42.3. The SMILES string of the molecule is CCCC/C=C\CCCCCCCC(=O)NC(COC1OC(CO)C(O)C(O)C1O)C(O)/C=C/CC/C=C/CCCCCCCCCCCCCCCCCCCCCCCCCCC. The van der Waals surface area contributed by atoms with Gasteiger partial charge in [-0.2, -0.15) is 0 Å². The highest BCUT2D eigenvalue weighted by atomic mass is 16.7. The molecular formula is C56H105NO8. The van der Waals surface area contributed by atoms with E-state index in [1.54, 1.807) is 6.08 Å². The van der Waals surface area contributed by atoms with Crippen molar-refractivity contribution in [2.75, 3.05) is 13.2 Å². The van der Waals surface area contributed by atoms with Crippen LogP contribution in [0.1, 0.15) is 258 Å². The van der Waals surface area contributed by atoms with Gasteiger partial charge in [0.15, 0.2) is 6.29 Å². The number of nitrogens with one attached hydrogen (secondary N) is 1. The van der Waals surface area contributed by atoms with Gasteiger partial charge < -0.3 is 40.3 Å². The monoisotopic (exact) mass is 920 g/mol. The minimum Gasteiger partial charge on any atom is -0.394 e. The summed E-state index contributed by atoms with van der Waals surface area (Å²) in [5, 5.41) is 54.3. The Hall–Kier alpha value is -1.59. The topological polar surface area (TPSA) is 149 Å². The van der Waals surface area contributed by atoms with Crippen molar-refractivity contribution < 1.29 is 39.8 Å². The number of aliphatic hydroxyl groups is 5. The lowest BCUT2D eigenvalue weighted by Crippen LogP contribution is -2.60. The number of hydrogen-bond donors (Lipinski definition) is 6. The zero-order chi connectivity index (χ0) is 47.3. The molecule has 7 unspecified atom stereocenters. The van der Waals surface area contributed by atoms with Crippen molar-refractivity contribution in [1.29, 1.82) is 0 Å². The van der Waals surface area contributed by atoms with E-state index in [-0.39, 0.29) is 12.5 Å². The van der Waals surface area contributed by atoms with Gasteiger partial charge in [-0.25, -0.2) is 0 Å². The maximum atomic E-state index is 12.9. The van der Waals surface area contributed by atoms with Gasteiger partial charge in [-0.05, 0) is 51.4 Å². The van der Waals surface area contributed by atoms with E-state index in [1.165, 1.54) is 173 Å². The molecule has 7 atom stereocenters. The summed E-state index contributed by atoms with van der Waals surface area (Å²) in [7, 11) is 0. The molecule has 0 bridgehead atoms. The fourth-order valence-corrected chi connectivity index (χ4v) is 8.74. The van der Waals surface area contributed by atoms with E-state index in [2.05, 4.69) is 43.5 Å². The maximum Gasteiger partial charge on any atom is 0.220 e. The Morgan fingerprint density at radius 1 is 0.508 bits per heavy atom. The van der Waals surface area contributed by atoms with Crippen molar-refractivity contribution in [1.82, 2.24) is 5.32 Å². The predicted octanol–water partition coefficient (Wildman–Crippen LogP) is 13.2. The van der Waals surface area contributed by atoms with Gasteiger partial charge in [0, 0.05) is 6.42 Å². The van der Waals surface area contributed by atoms with Gasteiger partial charge in [-0.3, -0.25) is 4.79 Å². The zero-order valence-corrected chi connectivity index (χ0v) is 42.3. The summed E-state index contributed by atoms with van der Waals surface area (Å²) < 4.78 is 11.2. The van der Waals surface area contributed by atoms with Gasteiger partial charge in [0.25, 0.3) is 0 Å². The fraction of sp³-hybridized carbons (Fsp3) is 0.875. The molecule has 65 heavy (non-hydrogen) atoms. The lowest BCUT2D eigenvalue weighted by atomic mass is 9.99. The molecule has 0 aliphatic carbocycles. The number of amides is 1. The molecule has 1 aliphatic heterocycles. The number of aliphatic hydroxyl groups excluding tert-OH is 5. The largest absolute Gasteiger partial charge is 0.394 e. The Bertz CT molecular complexity index is 1110. The third-order valence-corrected chi connectivity index (χ3v) is 13.2. The standard InChI is InChI=1S/C56H105NO8/c1-3-5-7-9-11-13-15-16-17-18-19-20-21-22-23-24-25-26-27-28-29-30-31-32-33-34-36-37-39-41-43-45-50(59)49(48-64-56-55(63)54(62)53(61)51(47-58)65-56)57-52(60)46-44-42-40-38-35-14-12-10-8-6-4-2/h10,12,36-37,43,45,49-51,53-56,58-59,61-63H,3-9,11,13-35,38-42,44,46-48H2,1-2H3,(H,57,60)/b12-10-,37-36+,45-43+. The van der Waals surface area contributed by atoms with Gasteiger partial charge in [-0.1, -0.05) is 237 Å². The molecule has 6 N–H and O–H groups in total. The first-order valence-electron chi connectivity index (χ1n) is 27.7. The maximum absolute atomic E-state index is 12.9. The molecule has 9 nitrogen and oxygen atoms in total. The summed E-state index contributed by atoms with van der Waals surface area (Å²) in [6.45, 7) is 3.73. The van der Waals surface area contributed by atoms with E-state index in [4.69, 9.17) is 9.47 Å². The van der Waals surface area contributed by atoms with Crippen LogP contribution in [0.3, 0.4) is 0 Å². The number of hydrogen-bond acceptors (Lipinski definition) is 8. The van der Waals surface area contributed by atoms with Crippen molar-refractivity contribution in [3.8, 4) is 0 Å². The van der Waals surface area contributed by atoms with Crippen LogP contribution in [0.15, 0.2) is 36.5 Å². The molecule has 0 spiro atoms. The molecule has 0 aromatic carbocycles. The van der Waals surface area contributed by atoms with Crippen LogP contribution in [-0.2, 0) is 14.3 Å². The first-order valence-corrected chi connectivity index (χ1v) is 27.7.